The van der Waals surface area contributed by atoms with Crippen molar-refractivity contribution in [3.05, 3.63) is 65.2 Å². The zero-order valence-electron chi connectivity index (χ0n) is 13.1. The molecular formula is C19H19NO2S. The minimum absolute atomic E-state index is 0.0786. The third kappa shape index (κ3) is 2.90. The molecule has 23 heavy (non-hydrogen) atoms. The van der Waals surface area contributed by atoms with E-state index in [2.05, 4.69) is 12.0 Å². The van der Waals surface area contributed by atoms with Crippen LogP contribution in [0.25, 0.3) is 0 Å². The summed E-state index contributed by atoms with van der Waals surface area (Å²) in [5.41, 5.74) is 3.30. The Morgan fingerprint density at radius 1 is 1.17 bits per heavy atom. The first-order chi connectivity index (χ1) is 11.0. The highest BCUT2D eigenvalue weighted by Gasteiger charge is 2.35. The molecule has 0 radical (unpaired) electrons. The molecule has 3 nitrogen and oxygen atoms in total. The van der Waals surface area contributed by atoms with Crippen LogP contribution in [-0.2, 0) is 16.4 Å². The van der Waals surface area contributed by atoms with Gasteiger partial charge in [0, 0.05) is 0 Å². The first-order valence-corrected chi connectivity index (χ1v) is 9.08. The highest BCUT2D eigenvalue weighted by atomic mass is 32.2. The van der Waals surface area contributed by atoms with Crippen LogP contribution in [-0.4, -0.2) is 19.3 Å². The molecule has 0 aromatic heterocycles. The second-order valence-electron chi connectivity index (χ2n) is 5.82. The van der Waals surface area contributed by atoms with E-state index in [1.54, 1.807) is 12.1 Å². The lowest BCUT2D eigenvalue weighted by molar-refractivity contribution is 0.352. The van der Waals surface area contributed by atoms with Crippen LogP contribution in [0.2, 0.25) is 0 Å². The van der Waals surface area contributed by atoms with Gasteiger partial charge in [0.2, 0.25) is 10.0 Å². The van der Waals surface area contributed by atoms with Gasteiger partial charge < -0.3 is 0 Å². The molecule has 0 unspecified atom stereocenters. The van der Waals surface area contributed by atoms with E-state index < -0.39 is 10.0 Å². The Bertz CT molecular complexity index is 848. The molecule has 0 heterocycles. The van der Waals surface area contributed by atoms with Crippen molar-refractivity contribution in [1.82, 2.24) is 4.31 Å². The molecule has 1 aliphatic rings. The second kappa shape index (κ2) is 6.19. The summed E-state index contributed by atoms with van der Waals surface area (Å²) in [7, 11) is -3.62. The van der Waals surface area contributed by atoms with Gasteiger partial charge in [-0.3, -0.25) is 0 Å². The van der Waals surface area contributed by atoms with E-state index in [4.69, 9.17) is 6.42 Å². The van der Waals surface area contributed by atoms with Gasteiger partial charge in [-0.1, -0.05) is 47.9 Å². The molecule has 0 N–H and O–H groups in total. The fourth-order valence-corrected chi connectivity index (χ4v) is 4.68. The highest BCUT2D eigenvalue weighted by molar-refractivity contribution is 7.89. The summed E-state index contributed by atoms with van der Waals surface area (Å²) in [5.74, 6) is 2.51. The summed E-state index contributed by atoms with van der Waals surface area (Å²) in [5, 5.41) is 0. The average molecular weight is 325 g/mol. The van der Waals surface area contributed by atoms with Crippen molar-refractivity contribution >= 4 is 10.0 Å². The molecule has 0 saturated heterocycles. The Hall–Kier alpha value is -2.09. The molecule has 3 rings (SSSR count). The van der Waals surface area contributed by atoms with Crippen molar-refractivity contribution in [1.29, 1.82) is 0 Å². The molecule has 1 atom stereocenters. The van der Waals surface area contributed by atoms with Crippen LogP contribution in [0.3, 0.4) is 0 Å². The maximum atomic E-state index is 13.1. The molecule has 4 heteroatoms. The summed E-state index contributed by atoms with van der Waals surface area (Å²) in [6, 6.07) is 14.7. The van der Waals surface area contributed by atoms with Crippen LogP contribution in [0.1, 0.15) is 29.2 Å². The maximum Gasteiger partial charge on any atom is 0.244 e. The van der Waals surface area contributed by atoms with E-state index in [1.165, 1.54) is 9.87 Å². The number of nitrogens with zero attached hydrogens (tertiary/aromatic N) is 1. The molecule has 2 aromatic carbocycles. The summed E-state index contributed by atoms with van der Waals surface area (Å²) in [6.45, 7) is 2.01. The first-order valence-electron chi connectivity index (χ1n) is 7.64. The summed E-state index contributed by atoms with van der Waals surface area (Å²) in [6.07, 6.45) is 7.11. The van der Waals surface area contributed by atoms with Crippen LogP contribution in [0.15, 0.2) is 53.4 Å². The molecule has 0 aliphatic heterocycles. The smallest absolute Gasteiger partial charge is 0.207 e. The Kier molecular flexibility index (Phi) is 4.25. The average Bonchev–Trinajstić information content (AvgIpc) is 2.96. The van der Waals surface area contributed by atoms with Gasteiger partial charge in [-0.05, 0) is 43.0 Å². The van der Waals surface area contributed by atoms with Gasteiger partial charge in [0.15, 0.2) is 0 Å². The van der Waals surface area contributed by atoms with Gasteiger partial charge in [-0.2, -0.15) is 4.31 Å². The van der Waals surface area contributed by atoms with Crippen LogP contribution in [0, 0.1) is 19.3 Å². The summed E-state index contributed by atoms with van der Waals surface area (Å²) >= 11 is 0. The van der Waals surface area contributed by atoms with E-state index in [1.807, 2.05) is 37.3 Å². The number of hydrogen-bond donors (Lipinski definition) is 0. The Balaban J connectivity index is 2.03. The van der Waals surface area contributed by atoms with E-state index in [0.29, 0.717) is 4.90 Å². The van der Waals surface area contributed by atoms with Gasteiger partial charge >= 0.3 is 0 Å². The van der Waals surface area contributed by atoms with Crippen LogP contribution >= 0.6 is 0 Å². The minimum atomic E-state index is -3.62. The number of rotatable bonds is 4. The molecule has 0 fully saturated rings. The standard InChI is InChI=1S/C19H19NO2S/c1-3-14-20(19-13-10-16-6-4-5-7-18(16)19)23(21,22)17-11-8-15(2)9-12-17/h1,4-9,11-12,19H,10,13-14H2,2H3/t19-/m0/s1. The number of sulfonamides is 1. The molecule has 0 amide bonds. The SMILES string of the molecule is C#CCN([C@H]1CCc2ccccc21)S(=O)(=O)c1ccc(C)cc1. The lowest BCUT2D eigenvalue weighted by atomic mass is 10.1. The Labute approximate surface area is 138 Å². The van der Waals surface area contributed by atoms with Crippen LogP contribution in [0.5, 0.6) is 0 Å². The van der Waals surface area contributed by atoms with Crippen LogP contribution < -0.4 is 0 Å². The zero-order valence-corrected chi connectivity index (χ0v) is 13.9. The minimum Gasteiger partial charge on any atom is -0.207 e. The lowest BCUT2D eigenvalue weighted by Gasteiger charge is -2.27. The van der Waals surface area contributed by atoms with Crippen molar-refractivity contribution in [2.75, 3.05) is 6.54 Å². The van der Waals surface area contributed by atoms with Gasteiger partial charge in [-0.25, -0.2) is 8.42 Å². The first kappa shape index (κ1) is 15.8. The van der Waals surface area contributed by atoms with Gasteiger partial charge in [0.25, 0.3) is 0 Å². The number of aryl methyl sites for hydroxylation is 2. The molecular weight excluding hydrogens is 306 g/mol. The molecule has 1 aliphatic carbocycles. The largest absolute Gasteiger partial charge is 0.244 e. The van der Waals surface area contributed by atoms with Gasteiger partial charge in [-0.15, -0.1) is 6.42 Å². The Morgan fingerprint density at radius 3 is 2.57 bits per heavy atom. The van der Waals surface area contributed by atoms with E-state index >= 15 is 0 Å². The number of hydrogen-bond acceptors (Lipinski definition) is 2. The van der Waals surface area contributed by atoms with Crippen molar-refractivity contribution in [3.63, 3.8) is 0 Å². The van der Waals surface area contributed by atoms with Crippen molar-refractivity contribution in [2.45, 2.75) is 30.7 Å². The molecule has 0 saturated carbocycles. The van der Waals surface area contributed by atoms with Crippen LogP contribution in [0.4, 0.5) is 0 Å². The van der Waals surface area contributed by atoms with Gasteiger partial charge in [0.1, 0.15) is 0 Å². The lowest BCUT2D eigenvalue weighted by Crippen LogP contribution is -2.34. The van der Waals surface area contributed by atoms with Gasteiger partial charge in [0.05, 0.1) is 17.5 Å². The van der Waals surface area contributed by atoms with Crippen molar-refractivity contribution < 1.29 is 8.42 Å². The van der Waals surface area contributed by atoms with E-state index in [9.17, 15) is 8.42 Å². The van der Waals surface area contributed by atoms with Crippen molar-refractivity contribution in [2.24, 2.45) is 0 Å². The number of benzene rings is 2. The predicted octanol–water partition coefficient (Wildman–Crippen LogP) is 3.31. The predicted molar refractivity (Wildman–Crippen MR) is 91.4 cm³/mol. The monoisotopic (exact) mass is 325 g/mol. The fourth-order valence-electron chi connectivity index (χ4n) is 3.13. The number of fused-ring (bicyclic) bond motifs is 1. The second-order valence-corrected chi connectivity index (χ2v) is 7.71. The maximum absolute atomic E-state index is 13.1. The molecule has 2 aromatic rings. The molecule has 0 bridgehead atoms. The third-order valence-electron chi connectivity index (χ3n) is 4.32. The molecule has 118 valence electrons. The summed E-state index contributed by atoms with van der Waals surface area (Å²) in [4.78, 5) is 0.294. The van der Waals surface area contributed by atoms with Crippen molar-refractivity contribution in [3.8, 4) is 12.3 Å². The number of terminal acetylenes is 1. The highest BCUT2D eigenvalue weighted by Crippen LogP contribution is 2.38. The van der Waals surface area contributed by atoms with E-state index in [0.717, 1.165) is 24.0 Å². The van der Waals surface area contributed by atoms with E-state index in [-0.39, 0.29) is 12.6 Å². The fraction of sp³-hybridized carbons (Fsp3) is 0.263. The quantitative estimate of drug-likeness (QED) is 0.809. The zero-order chi connectivity index (χ0) is 16.4. The normalized spacial score (nSPS) is 17.0. The topological polar surface area (TPSA) is 37.4 Å². The Morgan fingerprint density at radius 2 is 1.87 bits per heavy atom. The third-order valence-corrected chi connectivity index (χ3v) is 6.19. The molecule has 0 spiro atoms. The summed E-state index contributed by atoms with van der Waals surface area (Å²) < 4.78 is 27.6.